The lowest BCUT2D eigenvalue weighted by molar-refractivity contribution is 0.461. The highest BCUT2D eigenvalue weighted by atomic mass is 15.2. The highest BCUT2D eigenvalue weighted by molar-refractivity contribution is 5.59. The van der Waals surface area contributed by atoms with Crippen LogP contribution in [0, 0.1) is 29.6 Å². The molecule has 0 aromatic heterocycles. The largest absolute Gasteiger partial charge is 0.378 e. The Hall–Kier alpha value is -5.12. The van der Waals surface area contributed by atoms with Crippen molar-refractivity contribution in [2.24, 2.45) is 35.3 Å². The molecule has 0 radical (unpaired) electrons. The molecule has 0 saturated carbocycles. The van der Waals surface area contributed by atoms with Gasteiger partial charge in [-0.05, 0) is 46.5 Å². The zero-order valence-electron chi connectivity index (χ0n) is 26.5. The molecule has 3 nitrogen and oxygen atoms in total. The molecule has 3 heteroatoms. The molecule has 0 heterocycles. The van der Waals surface area contributed by atoms with Crippen molar-refractivity contribution in [3.8, 4) is 0 Å². The van der Waals surface area contributed by atoms with Crippen LogP contribution in [-0.4, -0.2) is 6.04 Å². The summed E-state index contributed by atoms with van der Waals surface area (Å²) in [7, 11) is 0. The van der Waals surface area contributed by atoms with E-state index in [2.05, 4.69) is 180 Å². The number of nitrogens with one attached hydrogen (secondary N) is 1. The average Bonchev–Trinajstić information content (AvgIpc) is 3.14. The zero-order chi connectivity index (χ0) is 31.6. The van der Waals surface area contributed by atoms with Crippen LogP contribution in [0.1, 0.15) is 17.3 Å². The van der Waals surface area contributed by atoms with E-state index in [0.717, 1.165) is 23.5 Å². The molecule has 0 amide bonds. The predicted octanol–water partition coefficient (Wildman–Crippen LogP) is 9.40. The number of nitrogens with zero attached hydrogens (tertiary/aromatic N) is 1. The van der Waals surface area contributed by atoms with Crippen LogP contribution in [0.4, 0.5) is 11.4 Å². The van der Waals surface area contributed by atoms with Crippen LogP contribution in [0.5, 0.6) is 0 Å². The number of nitrogens with two attached hydrogens (primary N) is 1. The van der Waals surface area contributed by atoms with E-state index in [4.69, 9.17) is 5.73 Å². The first-order chi connectivity index (χ1) is 23.2. The lowest BCUT2D eigenvalue weighted by Gasteiger charge is -2.43. The minimum Gasteiger partial charge on any atom is -0.378 e. The van der Waals surface area contributed by atoms with E-state index in [9.17, 15) is 0 Å². The van der Waals surface area contributed by atoms with Crippen LogP contribution >= 0.6 is 0 Å². The van der Waals surface area contributed by atoms with Crippen LogP contribution in [0.15, 0.2) is 193 Å². The number of hydrogen-bond donors (Lipinski definition) is 2. The van der Waals surface area contributed by atoms with Crippen LogP contribution in [0.25, 0.3) is 0 Å². The molecule has 7 unspecified atom stereocenters. The third-order valence-electron chi connectivity index (χ3n) is 10.3. The van der Waals surface area contributed by atoms with Gasteiger partial charge in [-0.1, -0.05) is 157 Å². The molecule has 0 aliphatic heterocycles. The molecule has 0 saturated heterocycles. The molecule has 0 bridgehead atoms. The fourth-order valence-electron chi connectivity index (χ4n) is 7.93. The number of anilines is 2. The Balaban J connectivity index is 1.09. The molecule has 47 heavy (non-hydrogen) atoms. The summed E-state index contributed by atoms with van der Waals surface area (Å²) in [5.74, 6) is 1.82. The molecular weight excluding hydrogens is 571 g/mol. The average molecular weight is 612 g/mol. The number of hydrogen-bond acceptors (Lipinski definition) is 3. The molecule has 8 rings (SSSR count). The van der Waals surface area contributed by atoms with Crippen molar-refractivity contribution in [3.63, 3.8) is 0 Å². The van der Waals surface area contributed by atoms with Crippen LogP contribution < -0.4 is 16.0 Å². The normalized spacial score (nSPS) is 27.1. The fourth-order valence-corrected chi connectivity index (χ4v) is 7.93. The van der Waals surface area contributed by atoms with Gasteiger partial charge >= 0.3 is 0 Å². The predicted molar refractivity (Wildman–Crippen MR) is 196 cm³/mol. The maximum atomic E-state index is 6.91. The fraction of sp³-hybridized carbons (Fsp3) is 0.182. The van der Waals surface area contributed by atoms with E-state index >= 15 is 0 Å². The Morgan fingerprint density at radius 1 is 0.617 bits per heavy atom. The summed E-state index contributed by atoms with van der Waals surface area (Å²) in [6.07, 6.45) is 34.6. The summed E-state index contributed by atoms with van der Waals surface area (Å²) in [4.78, 5) is 2.28. The molecule has 0 fully saturated rings. The molecule has 0 spiro atoms. The maximum Gasteiger partial charge on any atom is 0.104 e. The third-order valence-corrected chi connectivity index (χ3v) is 10.3. The summed E-state index contributed by atoms with van der Waals surface area (Å²) in [6, 6.07) is 29.8. The van der Waals surface area contributed by atoms with Crippen molar-refractivity contribution >= 4 is 11.4 Å². The molecule has 3 aromatic rings. The summed E-state index contributed by atoms with van der Waals surface area (Å²) >= 11 is 0. The summed E-state index contributed by atoms with van der Waals surface area (Å²) in [5.41, 5.74) is 15.9. The Labute approximate surface area is 278 Å². The smallest absolute Gasteiger partial charge is 0.104 e. The maximum absolute atomic E-state index is 6.91. The monoisotopic (exact) mass is 611 g/mol. The van der Waals surface area contributed by atoms with Crippen LogP contribution in [0.2, 0.25) is 0 Å². The quantitative estimate of drug-likeness (QED) is 0.197. The topological polar surface area (TPSA) is 41.3 Å². The van der Waals surface area contributed by atoms with Gasteiger partial charge in [-0.2, -0.15) is 0 Å². The van der Waals surface area contributed by atoms with E-state index in [-0.39, 0.29) is 18.1 Å². The molecule has 5 aliphatic carbocycles. The molecule has 3 aromatic carbocycles. The van der Waals surface area contributed by atoms with E-state index in [0.29, 0.717) is 23.7 Å². The van der Waals surface area contributed by atoms with E-state index in [1.807, 2.05) is 6.07 Å². The summed E-state index contributed by atoms with van der Waals surface area (Å²) in [5, 5.41) is 3.91. The second-order valence-electron chi connectivity index (χ2n) is 13.1. The van der Waals surface area contributed by atoms with Crippen molar-refractivity contribution in [1.29, 1.82) is 0 Å². The van der Waals surface area contributed by atoms with Gasteiger partial charge < -0.3 is 16.0 Å². The van der Waals surface area contributed by atoms with E-state index < -0.39 is 0 Å². The number of allylic oxidation sites excluding steroid dienone is 15. The van der Waals surface area contributed by atoms with Gasteiger partial charge in [0, 0.05) is 47.5 Å². The van der Waals surface area contributed by atoms with Gasteiger partial charge in [0.15, 0.2) is 0 Å². The SMILES string of the molecule is NC(c1ccccc1)N(Cc1ccccc1)c1ccc(NC2C=CC=CC2C2=C3C4C=CC=CC4C=CC3C3C=CC=CC3=C2)cc1. The minimum atomic E-state index is -0.267. The standard InChI is InChI=1S/C44H41N3/c45-44(33-16-5-2-6-17-33)47(30-31-13-3-1-4-14-31)36-26-24-35(25-27-36)46-42-22-12-11-21-39(42)41-29-34-18-8-9-19-37(34)40-28-23-32-15-7-10-20-38(32)43(40)41/h1-29,32,37-40,42,44,46H,30,45H2. The van der Waals surface area contributed by atoms with Crippen molar-refractivity contribution in [2.45, 2.75) is 18.8 Å². The van der Waals surface area contributed by atoms with Gasteiger partial charge in [0.25, 0.3) is 0 Å². The van der Waals surface area contributed by atoms with Crippen LogP contribution in [0.3, 0.4) is 0 Å². The molecule has 3 N–H and O–H groups in total. The Kier molecular flexibility index (Phi) is 8.07. The molecule has 5 aliphatic rings. The Morgan fingerprint density at radius 3 is 2.11 bits per heavy atom. The lowest BCUT2D eigenvalue weighted by atomic mass is 9.61. The Morgan fingerprint density at radius 2 is 1.30 bits per heavy atom. The molecule has 7 atom stereocenters. The van der Waals surface area contributed by atoms with Gasteiger partial charge in [0.2, 0.25) is 0 Å². The zero-order valence-corrected chi connectivity index (χ0v) is 26.5. The summed E-state index contributed by atoms with van der Waals surface area (Å²) in [6.45, 7) is 0.722. The third kappa shape index (κ3) is 5.84. The van der Waals surface area contributed by atoms with E-state index in [1.165, 1.54) is 16.7 Å². The van der Waals surface area contributed by atoms with Gasteiger partial charge in [-0.3, -0.25) is 0 Å². The van der Waals surface area contributed by atoms with E-state index in [1.54, 1.807) is 5.57 Å². The first-order valence-corrected chi connectivity index (χ1v) is 16.9. The second kappa shape index (κ2) is 12.9. The summed E-state index contributed by atoms with van der Waals surface area (Å²) < 4.78 is 0. The molecule has 232 valence electrons. The van der Waals surface area contributed by atoms with Crippen molar-refractivity contribution in [2.75, 3.05) is 10.2 Å². The van der Waals surface area contributed by atoms with Crippen LogP contribution in [-0.2, 0) is 6.54 Å². The van der Waals surface area contributed by atoms with Gasteiger partial charge in [-0.15, -0.1) is 0 Å². The number of rotatable bonds is 8. The minimum absolute atomic E-state index is 0.130. The number of fused-ring (bicyclic) bond motifs is 5. The van der Waals surface area contributed by atoms with Gasteiger partial charge in [-0.25, -0.2) is 0 Å². The van der Waals surface area contributed by atoms with Gasteiger partial charge in [0.1, 0.15) is 6.17 Å². The first-order valence-electron chi connectivity index (χ1n) is 16.9. The highest BCUT2D eigenvalue weighted by Crippen LogP contribution is 2.50. The second-order valence-corrected chi connectivity index (χ2v) is 13.1. The first kappa shape index (κ1) is 29.3. The van der Waals surface area contributed by atoms with Crippen molar-refractivity contribution in [3.05, 3.63) is 204 Å². The van der Waals surface area contributed by atoms with Crippen molar-refractivity contribution < 1.29 is 0 Å². The van der Waals surface area contributed by atoms with Gasteiger partial charge in [0.05, 0.1) is 6.04 Å². The molecular formula is C44H41N3. The lowest BCUT2D eigenvalue weighted by Crippen LogP contribution is -2.36. The van der Waals surface area contributed by atoms with Crippen molar-refractivity contribution in [1.82, 2.24) is 0 Å². The number of benzene rings is 3. The Bertz CT molecular complexity index is 1870. The highest BCUT2D eigenvalue weighted by Gasteiger charge is 2.40.